The lowest BCUT2D eigenvalue weighted by Gasteiger charge is -2.05. The fourth-order valence-electron chi connectivity index (χ4n) is 1.58. The Labute approximate surface area is 115 Å². The second kappa shape index (κ2) is 6.23. The Balaban J connectivity index is 2.16. The van der Waals surface area contributed by atoms with Crippen molar-refractivity contribution in [1.82, 2.24) is 0 Å². The smallest absolute Gasteiger partial charge is 0.137 e. The summed E-state index contributed by atoms with van der Waals surface area (Å²) in [5.41, 5.74) is 6.37. The molecule has 0 radical (unpaired) electrons. The van der Waals surface area contributed by atoms with Crippen LogP contribution in [0.5, 0.6) is 0 Å². The van der Waals surface area contributed by atoms with Gasteiger partial charge in [0.1, 0.15) is 5.82 Å². The zero-order chi connectivity index (χ0) is 13.0. The molecule has 2 aromatic rings. The Morgan fingerprint density at radius 1 is 1.11 bits per heavy atom. The van der Waals surface area contributed by atoms with E-state index in [1.807, 2.05) is 18.2 Å². The first-order valence-corrected chi connectivity index (χ1v) is 6.80. The van der Waals surface area contributed by atoms with Gasteiger partial charge >= 0.3 is 0 Å². The Bertz CT molecular complexity index is 528. The van der Waals surface area contributed by atoms with Gasteiger partial charge in [-0.3, -0.25) is 0 Å². The third kappa shape index (κ3) is 3.48. The van der Waals surface area contributed by atoms with Gasteiger partial charge in [0, 0.05) is 14.8 Å². The Kier molecular flexibility index (Phi) is 4.64. The number of nitrogens with two attached hydrogens (primary N) is 1. The van der Waals surface area contributed by atoms with E-state index in [1.165, 1.54) is 11.8 Å². The number of rotatable bonds is 4. The van der Waals surface area contributed by atoms with Crippen LogP contribution in [0.4, 0.5) is 4.39 Å². The molecule has 2 rings (SSSR count). The Hall–Kier alpha value is -1.03. The highest BCUT2D eigenvalue weighted by molar-refractivity contribution is 7.99. The summed E-state index contributed by atoms with van der Waals surface area (Å²) in [4.78, 5) is 1.57. The molecule has 2 N–H and O–H groups in total. The number of hydrogen-bond donors (Lipinski definition) is 1. The average molecular weight is 282 g/mol. The molecule has 1 nitrogen and oxygen atoms in total. The highest BCUT2D eigenvalue weighted by atomic mass is 35.5. The van der Waals surface area contributed by atoms with Gasteiger partial charge < -0.3 is 5.73 Å². The normalized spacial score (nSPS) is 10.6. The molecule has 0 amide bonds. The van der Waals surface area contributed by atoms with E-state index in [2.05, 4.69) is 0 Å². The van der Waals surface area contributed by atoms with Crippen LogP contribution in [-0.2, 0) is 6.42 Å². The second-order valence-corrected chi connectivity index (χ2v) is 5.41. The monoisotopic (exact) mass is 281 g/mol. The van der Waals surface area contributed by atoms with Crippen molar-refractivity contribution in [3.63, 3.8) is 0 Å². The van der Waals surface area contributed by atoms with Gasteiger partial charge in [0.15, 0.2) is 0 Å². The molecule has 0 unspecified atom stereocenters. The van der Waals surface area contributed by atoms with E-state index >= 15 is 0 Å². The van der Waals surface area contributed by atoms with E-state index in [9.17, 15) is 4.39 Å². The minimum absolute atomic E-state index is 0.207. The summed E-state index contributed by atoms with van der Waals surface area (Å²) in [6, 6.07) is 12.6. The zero-order valence-corrected chi connectivity index (χ0v) is 11.3. The molecular formula is C14H13ClFNS. The van der Waals surface area contributed by atoms with Gasteiger partial charge in [0.05, 0.1) is 0 Å². The van der Waals surface area contributed by atoms with Crippen molar-refractivity contribution in [2.75, 3.05) is 6.54 Å². The van der Waals surface area contributed by atoms with Crippen molar-refractivity contribution in [3.05, 3.63) is 58.9 Å². The van der Waals surface area contributed by atoms with Crippen LogP contribution in [0.3, 0.4) is 0 Å². The summed E-state index contributed by atoms with van der Waals surface area (Å²) in [6.07, 6.45) is 0.697. The third-order valence-electron chi connectivity index (χ3n) is 2.47. The molecule has 0 spiro atoms. The first-order valence-electron chi connectivity index (χ1n) is 5.61. The fraction of sp³-hybridized carbons (Fsp3) is 0.143. The number of halogens is 2. The number of benzene rings is 2. The lowest BCUT2D eigenvalue weighted by Crippen LogP contribution is -2.02. The molecule has 0 aliphatic rings. The van der Waals surface area contributed by atoms with E-state index < -0.39 is 0 Å². The average Bonchev–Trinajstić information content (AvgIpc) is 2.36. The van der Waals surface area contributed by atoms with E-state index in [-0.39, 0.29) is 5.82 Å². The molecule has 0 saturated carbocycles. The van der Waals surface area contributed by atoms with Gasteiger partial charge in [-0.1, -0.05) is 29.4 Å². The van der Waals surface area contributed by atoms with Crippen LogP contribution < -0.4 is 5.73 Å². The maximum atomic E-state index is 13.9. The van der Waals surface area contributed by atoms with E-state index in [0.717, 1.165) is 10.5 Å². The number of hydrogen-bond acceptors (Lipinski definition) is 2. The van der Waals surface area contributed by atoms with Gasteiger partial charge in [-0.2, -0.15) is 0 Å². The fourth-order valence-corrected chi connectivity index (χ4v) is 2.52. The molecule has 0 aliphatic carbocycles. The first-order chi connectivity index (χ1) is 8.69. The van der Waals surface area contributed by atoms with Gasteiger partial charge in [-0.05, 0) is 54.9 Å². The quantitative estimate of drug-likeness (QED) is 0.912. The van der Waals surface area contributed by atoms with Crippen LogP contribution >= 0.6 is 23.4 Å². The molecule has 0 bridgehead atoms. The summed E-state index contributed by atoms with van der Waals surface area (Å²) in [5, 5.41) is 0.679. The van der Waals surface area contributed by atoms with Crippen LogP contribution in [-0.4, -0.2) is 6.54 Å². The zero-order valence-electron chi connectivity index (χ0n) is 9.70. The van der Waals surface area contributed by atoms with Crippen molar-refractivity contribution in [2.24, 2.45) is 5.73 Å². The molecule has 94 valence electrons. The highest BCUT2D eigenvalue weighted by Gasteiger charge is 2.05. The van der Waals surface area contributed by atoms with E-state index in [1.54, 1.807) is 24.3 Å². The molecule has 0 aromatic heterocycles. The van der Waals surface area contributed by atoms with Gasteiger partial charge in [0.25, 0.3) is 0 Å². The summed E-state index contributed by atoms with van der Waals surface area (Å²) in [6.45, 7) is 0.531. The standard InChI is InChI=1S/C14H13ClFNS/c15-11-2-4-12(5-3-11)18-14-6-1-10(7-8-17)9-13(14)16/h1-6,9H,7-8,17H2. The van der Waals surface area contributed by atoms with Crippen molar-refractivity contribution in [3.8, 4) is 0 Å². The lowest BCUT2D eigenvalue weighted by atomic mass is 10.1. The van der Waals surface area contributed by atoms with Crippen LogP contribution in [0.2, 0.25) is 5.02 Å². The van der Waals surface area contributed by atoms with Crippen LogP contribution in [0.15, 0.2) is 52.3 Å². The third-order valence-corrected chi connectivity index (χ3v) is 3.78. The van der Waals surface area contributed by atoms with Gasteiger partial charge in [0.2, 0.25) is 0 Å². The minimum Gasteiger partial charge on any atom is -0.330 e. The summed E-state index contributed by atoms with van der Waals surface area (Å²) >= 11 is 7.19. The molecule has 4 heteroatoms. The lowest BCUT2D eigenvalue weighted by molar-refractivity contribution is 0.599. The Morgan fingerprint density at radius 3 is 2.44 bits per heavy atom. The van der Waals surface area contributed by atoms with Crippen LogP contribution in [0.1, 0.15) is 5.56 Å². The molecule has 0 atom stereocenters. The molecule has 0 heterocycles. The predicted octanol–water partition coefficient (Wildman–Crippen LogP) is 4.13. The van der Waals surface area contributed by atoms with Crippen molar-refractivity contribution in [1.29, 1.82) is 0 Å². The maximum Gasteiger partial charge on any atom is 0.137 e. The maximum absolute atomic E-state index is 13.9. The van der Waals surface area contributed by atoms with Crippen molar-refractivity contribution < 1.29 is 4.39 Å². The van der Waals surface area contributed by atoms with Crippen molar-refractivity contribution >= 4 is 23.4 Å². The predicted molar refractivity (Wildman–Crippen MR) is 74.7 cm³/mol. The minimum atomic E-state index is -0.207. The molecule has 2 aromatic carbocycles. The molecule has 0 saturated heterocycles. The largest absolute Gasteiger partial charge is 0.330 e. The summed E-state index contributed by atoms with van der Waals surface area (Å²) < 4.78 is 13.9. The first kappa shape index (κ1) is 13.4. The molecule has 18 heavy (non-hydrogen) atoms. The van der Waals surface area contributed by atoms with Gasteiger partial charge in [-0.15, -0.1) is 0 Å². The molecule has 0 fully saturated rings. The van der Waals surface area contributed by atoms with E-state index in [0.29, 0.717) is 22.9 Å². The van der Waals surface area contributed by atoms with Crippen molar-refractivity contribution in [2.45, 2.75) is 16.2 Å². The highest BCUT2D eigenvalue weighted by Crippen LogP contribution is 2.30. The second-order valence-electron chi connectivity index (χ2n) is 3.86. The molecular weight excluding hydrogens is 269 g/mol. The SMILES string of the molecule is NCCc1ccc(Sc2ccc(Cl)cc2)c(F)c1. The Morgan fingerprint density at radius 2 is 1.83 bits per heavy atom. The summed E-state index contributed by atoms with van der Waals surface area (Å²) in [5.74, 6) is -0.207. The van der Waals surface area contributed by atoms with E-state index in [4.69, 9.17) is 17.3 Å². The summed E-state index contributed by atoms with van der Waals surface area (Å²) in [7, 11) is 0. The molecule has 0 aliphatic heterocycles. The van der Waals surface area contributed by atoms with Crippen LogP contribution in [0, 0.1) is 5.82 Å². The topological polar surface area (TPSA) is 26.0 Å². The van der Waals surface area contributed by atoms with Gasteiger partial charge in [-0.25, -0.2) is 4.39 Å². The van der Waals surface area contributed by atoms with Crippen LogP contribution in [0.25, 0.3) is 0 Å².